The van der Waals surface area contributed by atoms with Crippen molar-refractivity contribution in [3.8, 4) is 0 Å². The zero-order chi connectivity index (χ0) is 15.2. The molecule has 0 aliphatic heterocycles. The molecule has 5 nitrogen and oxygen atoms in total. The Kier molecular flexibility index (Phi) is 5.96. The summed E-state index contributed by atoms with van der Waals surface area (Å²) in [6.45, 7) is 4.72. The minimum Gasteiger partial charge on any atom is -0.334 e. The Hall–Kier alpha value is -1.17. The van der Waals surface area contributed by atoms with E-state index >= 15 is 0 Å². The fourth-order valence-corrected chi connectivity index (χ4v) is 3.99. The zero-order valence-corrected chi connectivity index (χ0v) is 14.0. The van der Waals surface area contributed by atoms with Crippen LogP contribution in [0.1, 0.15) is 43.9 Å². The molecule has 2 amide bonds. The van der Waals surface area contributed by atoms with Crippen molar-refractivity contribution in [2.75, 3.05) is 5.75 Å². The van der Waals surface area contributed by atoms with Gasteiger partial charge < -0.3 is 10.6 Å². The summed E-state index contributed by atoms with van der Waals surface area (Å²) in [6, 6.07) is 0.241. The van der Waals surface area contributed by atoms with Gasteiger partial charge in [-0.1, -0.05) is 19.8 Å². The van der Waals surface area contributed by atoms with Crippen molar-refractivity contribution in [3.05, 3.63) is 17.5 Å². The molecule has 2 atom stereocenters. The lowest BCUT2D eigenvalue weighted by Crippen LogP contribution is -2.47. The van der Waals surface area contributed by atoms with Gasteiger partial charge in [0.05, 0.1) is 6.20 Å². The number of aromatic nitrogens is 2. The first-order valence-corrected chi connectivity index (χ1v) is 8.80. The standard InChI is InChI=1S/C15H26N4OS/c1-4-21-14-8-6-5-7-13(14)18-15(20)16-9-12-10-17-19(3)11(12)2/h10,13-14H,4-9H2,1-3H3,(H2,16,18,20)/t13-,14+/m1/s1. The number of carbonyl (C=O) groups is 1. The number of nitrogens with one attached hydrogen (secondary N) is 2. The predicted molar refractivity (Wildman–Crippen MR) is 87.5 cm³/mol. The molecular weight excluding hydrogens is 284 g/mol. The van der Waals surface area contributed by atoms with Gasteiger partial charge in [-0.25, -0.2) is 4.79 Å². The highest BCUT2D eigenvalue weighted by atomic mass is 32.2. The van der Waals surface area contributed by atoms with Gasteiger partial charge in [0.1, 0.15) is 0 Å². The Morgan fingerprint density at radius 1 is 1.48 bits per heavy atom. The van der Waals surface area contributed by atoms with E-state index in [4.69, 9.17) is 0 Å². The highest BCUT2D eigenvalue weighted by Gasteiger charge is 2.26. The van der Waals surface area contributed by atoms with E-state index in [2.05, 4.69) is 22.7 Å². The number of carbonyl (C=O) groups excluding carboxylic acids is 1. The van der Waals surface area contributed by atoms with E-state index in [1.165, 1.54) is 19.3 Å². The van der Waals surface area contributed by atoms with Crippen LogP contribution >= 0.6 is 11.8 Å². The minimum atomic E-state index is -0.0631. The van der Waals surface area contributed by atoms with E-state index in [1.54, 1.807) is 0 Å². The first-order chi connectivity index (χ1) is 10.1. The summed E-state index contributed by atoms with van der Waals surface area (Å²) in [6.07, 6.45) is 6.62. The van der Waals surface area contributed by atoms with Crippen LogP contribution in [-0.2, 0) is 13.6 Å². The normalized spacial score (nSPS) is 22.0. The molecule has 21 heavy (non-hydrogen) atoms. The summed E-state index contributed by atoms with van der Waals surface area (Å²) in [5.41, 5.74) is 2.16. The van der Waals surface area contributed by atoms with Crippen LogP contribution < -0.4 is 10.6 Å². The van der Waals surface area contributed by atoms with E-state index in [9.17, 15) is 4.79 Å². The maximum atomic E-state index is 12.1. The smallest absolute Gasteiger partial charge is 0.315 e. The number of rotatable bonds is 5. The van der Waals surface area contributed by atoms with Gasteiger partial charge in [0.15, 0.2) is 0 Å². The van der Waals surface area contributed by atoms with Crippen molar-refractivity contribution >= 4 is 17.8 Å². The van der Waals surface area contributed by atoms with Crippen LogP contribution in [0.4, 0.5) is 4.79 Å². The summed E-state index contributed by atoms with van der Waals surface area (Å²) in [4.78, 5) is 12.1. The fourth-order valence-electron chi connectivity index (χ4n) is 2.79. The molecule has 0 spiro atoms. The molecule has 0 bridgehead atoms. The molecule has 0 unspecified atom stereocenters. The Morgan fingerprint density at radius 3 is 2.90 bits per heavy atom. The number of amides is 2. The zero-order valence-electron chi connectivity index (χ0n) is 13.2. The Bertz CT molecular complexity index is 472. The summed E-state index contributed by atoms with van der Waals surface area (Å²) < 4.78 is 1.82. The van der Waals surface area contributed by atoms with Crippen molar-refractivity contribution in [1.82, 2.24) is 20.4 Å². The topological polar surface area (TPSA) is 59.0 Å². The highest BCUT2D eigenvalue weighted by molar-refractivity contribution is 7.99. The molecule has 1 heterocycles. The van der Waals surface area contributed by atoms with Crippen LogP contribution in [0, 0.1) is 6.92 Å². The van der Waals surface area contributed by atoms with Crippen LogP contribution in [0.2, 0.25) is 0 Å². The molecule has 0 aromatic carbocycles. The molecule has 1 aliphatic carbocycles. The van der Waals surface area contributed by atoms with Gasteiger partial charge >= 0.3 is 6.03 Å². The fraction of sp³-hybridized carbons (Fsp3) is 0.733. The average Bonchev–Trinajstić information content (AvgIpc) is 2.79. The summed E-state index contributed by atoms with van der Waals surface area (Å²) in [7, 11) is 1.91. The number of thioether (sulfide) groups is 1. The van der Waals surface area contributed by atoms with E-state index in [1.807, 2.05) is 36.6 Å². The first kappa shape index (κ1) is 16.2. The van der Waals surface area contributed by atoms with Crippen LogP contribution in [0.15, 0.2) is 6.20 Å². The predicted octanol–water partition coefficient (Wildman–Crippen LogP) is 2.59. The molecule has 1 fully saturated rings. The Morgan fingerprint density at radius 2 is 2.24 bits per heavy atom. The summed E-state index contributed by atoms with van der Waals surface area (Å²) in [5.74, 6) is 1.11. The molecule has 1 saturated carbocycles. The summed E-state index contributed by atoms with van der Waals surface area (Å²) in [5, 5.41) is 10.9. The quantitative estimate of drug-likeness (QED) is 0.879. The number of urea groups is 1. The largest absolute Gasteiger partial charge is 0.334 e. The maximum absolute atomic E-state index is 12.1. The molecule has 2 N–H and O–H groups in total. The second-order valence-corrected chi connectivity index (χ2v) is 7.11. The SMILES string of the molecule is CCS[C@H]1CCCC[C@H]1NC(=O)NCc1cnn(C)c1C. The van der Waals surface area contributed by atoms with Crippen molar-refractivity contribution in [3.63, 3.8) is 0 Å². The number of nitrogens with zero attached hydrogens (tertiary/aromatic N) is 2. The van der Waals surface area contributed by atoms with Gasteiger partial charge in [0.2, 0.25) is 0 Å². The van der Waals surface area contributed by atoms with E-state index < -0.39 is 0 Å². The van der Waals surface area contributed by atoms with Crippen LogP contribution in [0.5, 0.6) is 0 Å². The van der Waals surface area contributed by atoms with Gasteiger partial charge in [-0.2, -0.15) is 16.9 Å². The van der Waals surface area contributed by atoms with E-state index in [0.29, 0.717) is 17.8 Å². The number of hydrogen-bond acceptors (Lipinski definition) is 3. The monoisotopic (exact) mass is 310 g/mol. The Balaban J connectivity index is 1.81. The maximum Gasteiger partial charge on any atom is 0.315 e. The van der Waals surface area contributed by atoms with E-state index in [0.717, 1.165) is 23.4 Å². The van der Waals surface area contributed by atoms with Gasteiger partial charge in [-0.05, 0) is 25.5 Å². The third kappa shape index (κ3) is 4.40. The van der Waals surface area contributed by atoms with Crippen molar-refractivity contribution in [2.45, 2.75) is 57.4 Å². The third-order valence-corrected chi connectivity index (χ3v) is 5.50. The Labute approximate surface area is 131 Å². The van der Waals surface area contributed by atoms with Gasteiger partial charge in [-0.3, -0.25) is 4.68 Å². The van der Waals surface area contributed by atoms with Gasteiger partial charge in [0.25, 0.3) is 0 Å². The number of aryl methyl sites for hydroxylation is 1. The average molecular weight is 310 g/mol. The van der Waals surface area contributed by atoms with E-state index in [-0.39, 0.29) is 6.03 Å². The molecule has 0 radical (unpaired) electrons. The van der Waals surface area contributed by atoms with Gasteiger partial charge in [0, 0.05) is 36.1 Å². The molecule has 6 heteroatoms. The third-order valence-electron chi connectivity index (χ3n) is 4.18. The molecule has 2 rings (SSSR count). The second kappa shape index (κ2) is 7.73. The van der Waals surface area contributed by atoms with Crippen LogP contribution in [0.25, 0.3) is 0 Å². The lowest BCUT2D eigenvalue weighted by Gasteiger charge is -2.31. The van der Waals surface area contributed by atoms with Crippen LogP contribution in [-0.4, -0.2) is 32.9 Å². The highest BCUT2D eigenvalue weighted by Crippen LogP contribution is 2.28. The molecule has 1 aliphatic rings. The molecule has 0 saturated heterocycles. The van der Waals surface area contributed by atoms with Crippen molar-refractivity contribution < 1.29 is 4.79 Å². The van der Waals surface area contributed by atoms with Gasteiger partial charge in [-0.15, -0.1) is 0 Å². The lowest BCUT2D eigenvalue weighted by atomic mass is 9.95. The van der Waals surface area contributed by atoms with Crippen LogP contribution in [0.3, 0.4) is 0 Å². The molecule has 1 aromatic heterocycles. The second-order valence-electron chi connectivity index (χ2n) is 5.59. The number of hydrogen-bond donors (Lipinski definition) is 2. The van der Waals surface area contributed by atoms with Crippen molar-refractivity contribution in [2.24, 2.45) is 7.05 Å². The minimum absolute atomic E-state index is 0.0631. The lowest BCUT2D eigenvalue weighted by molar-refractivity contribution is 0.233. The molecule has 118 valence electrons. The molecular formula is C15H26N4OS. The molecule has 1 aromatic rings. The first-order valence-electron chi connectivity index (χ1n) is 7.75. The van der Waals surface area contributed by atoms with Crippen molar-refractivity contribution in [1.29, 1.82) is 0 Å². The summed E-state index contributed by atoms with van der Waals surface area (Å²) >= 11 is 1.97.